The summed E-state index contributed by atoms with van der Waals surface area (Å²) < 4.78 is 7.02. The number of para-hydroxylation sites is 1. The molecule has 2 heterocycles. The van der Waals surface area contributed by atoms with Crippen molar-refractivity contribution >= 4 is 28.7 Å². The van der Waals surface area contributed by atoms with Crippen LogP contribution in [0.25, 0.3) is 16.7 Å². The predicted octanol–water partition coefficient (Wildman–Crippen LogP) is 3.57. The van der Waals surface area contributed by atoms with E-state index < -0.39 is 0 Å². The smallest absolute Gasteiger partial charge is 0.233 e. The van der Waals surface area contributed by atoms with Gasteiger partial charge in [0.15, 0.2) is 5.65 Å². The van der Waals surface area contributed by atoms with E-state index in [0.29, 0.717) is 6.54 Å². The van der Waals surface area contributed by atoms with E-state index in [0.717, 1.165) is 33.1 Å². The monoisotopic (exact) mass is 419 g/mol. The van der Waals surface area contributed by atoms with Crippen molar-refractivity contribution in [3.63, 3.8) is 0 Å². The van der Waals surface area contributed by atoms with Gasteiger partial charge in [-0.2, -0.15) is 5.10 Å². The standard InChI is InChI=1S/C22H21N5O2S/c1-26(13-16-7-6-10-18(11-16)29-2)20(28)14-30-22-19-12-25-27(21(19)23-15-24-22)17-8-4-3-5-9-17/h3-12,15H,13-14H2,1-2H3. The summed E-state index contributed by atoms with van der Waals surface area (Å²) in [4.78, 5) is 23.1. The van der Waals surface area contributed by atoms with E-state index in [1.54, 1.807) is 29.9 Å². The molecule has 2 aromatic heterocycles. The molecular weight excluding hydrogens is 398 g/mol. The summed E-state index contributed by atoms with van der Waals surface area (Å²) in [5.74, 6) is 1.08. The highest BCUT2D eigenvalue weighted by atomic mass is 32.2. The van der Waals surface area contributed by atoms with Crippen molar-refractivity contribution in [3.8, 4) is 11.4 Å². The Morgan fingerprint density at radius 3 is 2.77 bits per heavy atom. The molecule has 0 fully saturated rings. The first-order valence-corrected chi connectivity index (χ1v) is 10.4. The average molecular weight is 420 g/mol. The van der Waals surface area contributed by atoms with Crippen LogP contribution in [-0.2, 0) is 11.3 Å². The molecule has 0 bridgehead atoms. The van der Waals surface area contributed by atoms with Gasteiger partial charge in [-0.25, -0.2) is 14.6 Å². The second-order valence-electron chi connectivity index (χ2n) is 6.70. The summed E-state index contributed by atoms with van der Waals surface area (Å²) in [6.07, 6.45) is 3.26. The topological polar surface area (TPSA) is 73.1 Å². The lowest BCUT2D eigenvalue weighted by atomic mass is 10.2. The van der Waals surface area contributed by atoms with E-state index in [1.165, 1.54) is 18.1 Å². The van der Waals surface area contributed by atoms with Crippen LogP contribution in [0.1, 0.15) is 5.56 Å². The summed E-state index contributed by atoms with van der Waals surface area (Å²) >= 11 is 1.39. The first kappa shape index (κ1) is 19.9. The molecule has 0 aliphatic heterocycles. The van der Waals surface area contributed by atoms with Crippen LogP contribution in [0.15, 0.2) is 72.1 Å². The fourth-order valence-corrected chi connectivity index (χ4v) is 3.97. The second kappa shape index (κ2) is 8.96. The first-order valence-electron chi connectivity index (χ1n) is 9.39. The maximum Gasteiger partial charge on any atom is 0.233 e. The van der Waals surface area contributed by atoms with Gasteiger partial charge in [0.1, 0.15) is 17.1 Å². The Kier molecular flexibility index (Phi) is 5.94. The molecule has 0 spiro atoms. The van der Waals surface area contributed by atoms with Crippen molar-refractivity contribution in [2.24, 2.45) is 0 Å². The minimum atomic E-state index is 0.0185. The van der Waals surface area contributed by atoms with Crippen LogP contribution in [0.4, 0.5) is 0 Å². The number of ether oxygens (including phenoxy) is 1. The van der Waals surface area contributed by atoms with Gasteiger partial charge in [-0.3, -0.25) is 4.79 Å². The third-order valence-corrected chi connectivity index (χ3v) is 5.63. The molecule has 0 atom stereocenters. The van der Waals surface area contributed by atoms with Crippen LogP contribution >= 0.6 is 11.8 Å². The number of aromatic nitrogens is 4. The van der Waals surface area contributed by atoms with Gasteiger partial charge >= 0.3 is 0 Å². The number of benzene rings is 2. The van der Waals surface area contributed by atoms with Crippen molar-refractivity contribution in [1.29, 1.82) is 0 Å². The number of fused-ring (bicyclic) bond motifs is 1. The highest BCUT2D eigenvalue weighted by Crippen LogP contribution is 2.26. The maximum absolute atomic E-state index is 12.6. The van der Waals surface area contributed by atoms with Gasteiger partial charge in [0.05, 0.1) is 30.1 Å². The zero-order valence-corrected chi connectivity index (χ0v) is 17.5. The van der Waals surface area contributed by atoms with Gasteiger partial charge < -0.3 is 9.64 Å². The molecule has 0 saturated carbocycles. The van der Waals surface area contributed by atoms with Crippen molar-refractivity contribution in [1.82, 2.24) is 24.6 Å². The molecule has 2 aromatic carbocycles. The molecule has 0 N–H and O–H groups in total. The third kappa shape index (κ3) is 4.28. The Balaban J connectivity index is 1.45. The fourth-order valence-electron chi connectivity index (χ4n) is 3.07. The van der Waals surface area contributed by atoms with Crippen LogP contribution in [0.5, 0.6) is 5.75 Å². The second-order valence-corrected chi connectivity index (χ2v) is 7.66. The van der Waals surface area contributed by atoms with Crippen molar-refractivity contribution in [2.45, 2.75) is 11.6 Å². The third-order valence-electron chi connectivity index (χ3n) is 4.64. The normalized spacial score (nSPS) is 10.9. The Labute approximate surface area is 178 Å². The van der Waals surface area contributed by atoms with Gasteiger partial charge in [0.2, 0.25) is 5.91 Å². The van der Waals surface area contributed by atoms with Gasteiger partial charge in [-0.15, -0.1) is 0 Å². The summed E-state index contributed by atoms with van der Waals surface area (Å²) in [6.45, 7) is 0.516. The lowest BCUT2D eigenvalue weighted by Crippen LogP contribution is -2.27. The lowest BCUT2D eigenvalue weighted by molar-refractivity contribution is -0.127. The molecule has 4 rings (SSSR count). The molecule has 0 aliphatic carbocycles. The van der Waals surface area contributed by atoms with E-state index in [2.05, 4.69) is 15.1 Å². The van der Waals surface area contributed by atoms with Crippen LogP contribution in [0.2, 0.25) is 0 Å². The Bertz CT molecular complexity index is 1160. The molecule has 0 unspecified atom stereocenters. The minimum Gasteiger partial charge on any atom is -0.497 e. The van der Waals surface area contributed by atoms with Gasteiger partial charge in [-0.1, -0.05) is 42.1 Å². The molecule has 30 heavy (non-hydrogen) atoms. The zero-order chi connectivity index (χ0) is 20.9. The average Bonchev–Trinajstić information content (AvgIpc) is 3.23. The Morgan fingerprint density at radius 1 is 1.13 bits per heavy atom. The highest BCUT2D eigenvalue weighted by molar-refractivity contribution is 8.00. The molecule has 8 heteroatoms. The summed E-state index contributed by atoms with van der Waals surface area (Å²) in [7, 11) is 3.43. The number of carbonyl (C=O) groups is 1. The number of hydrogen-bond acceptors (Lipinski definition) is 6. The number of methoxy groups -OCH3 is 1. The van der Waals surface area contributed by atoms with E-state index >= 15 is 0 Å². The molecule has 152 valence electrons. The Morgan fingerprint density at radius 2 is 1.97 bits per heavy atom. The number of hydrogen-bond donors (Lipinski definition) is 0. The number of amides is 1. The SMILES string of the molecule is COc1cccc(CN(C)C(=O)CSc2ncnc3c2cnn3-c2ccccc2)c1. The number of thioether (sulfide) groups is 1. The number of nitrogens with zero attached hydrogens (tertiary/aromatic N) is 5. The van der Waals surface area contributed by atoms with E-state index in [-0.39, 0.29) is 11.7 Å². The molecule has 1 amide bonds. The number of carbonyl (C=O) groups excluding carboxylic acids is 1. The minimum absolute atomic E-state index is 0.0185. The van der Waals surface area contributed by atoms with Crippen LogP contribution in [0.3, 0.4) is 0 Å². The highest BCUT2D eigenvalue weighted by Gasteiger charge is 2.15. The first-order chi connectivity index (χ1) is 14.7. The van der Waals surface area contributed by atoms with E-state index in [4.69, 9.17) is 4.74 Å². The molecule has 0 radical (unpaired) electrons. The largest absolute Gasteiger partial charge is 0.497 e. The van der Waals surface area contributed by atoms with Gasteiger partial charge in [0, 0.05) is 13.6 Å². The van der Waals surface area contributed by atoms with Crippen LogP contribution in [0, 0.1) is 0 Å². The summed E-state index contributed by atoms with van der Waals surface area (Å²) in [6, 6.07) is 17.5. The molecule has 0 aliphatic rings. The van der Waals surface area contributed by atoms with E-state index in [1.807, 2.05) is 54.6 Å². The van der Waals surface area contributed by atoms with Gasteiger partial charge in [-0.05, 0) is 29.8 Å². The molecular formula is C22H21N5O2S. The van der Waals surface area contributed by atoms with Gasteiger partial charge in [0.25, 0.3) is 0 Å². The predicted molar refractivity (Wildman–Crippen MR) is 117 cm³/mol. The zero-order valence-electron chi connectivity index (χ0n) is 16.7. The number of rotatable bonds is 7. The quantitative estimate of drug-likeness (QED) is 0.337. The van der Waals surface area contributed by atoms with Crippen LogP contribution < -0.4 is 4.74 Å². The van der Waals surface area contributed by atoms with Crippen LogP contribution in [-0.4, -0.2) is 50.5 Å². The fraction of sp³-hybridized carbons (Fsp3) is 0.182. The lowest BCUT2D eigenvalue weighted by Gasteiger charge is -2.17. The van der Waals surface area contributed by atoms with Crippen molar-refractivity contribution in [3.05, 3.63) is 72.7 Å². The van der Waals surface area contributed by atoms with Crippen molar-refractivity contribution in [2.75, 3.05) is 19.9 Å². The molecule has 0 saturated heterocycles. The summed E-state index contributed by atoms with van der Waals surface area (Å²) in [5, 5.41) is 6.02. The molecule has 4 aromatic rings. The van der Waals surface area contributed by atoms with E-state index in [9.17, 15) is 4.79 Å². The molecule has 7 nitrogen and oxygen atoms in total. The Hall–Kier alpha value is -3.39. The van der Waals surface area contributed by atoms with Crippen molar-refractivity contribution < 1.29 is 9.53 Å². The summed E-state index contributed by atoms with van der Waals surface area (Å²) in [5.41, 5.74) is 2.66. The maximum atomic E-state index is 12.6.